The van der Waals surface area contributed by atoms with Crippen LogP contribution in [0.5, 0.6) is 5.75 Å². The molecule has 1 saturated heterocycles. The molecule has 0 radical (unpaired) electrons. The third kappa shape index (κ3) is 3.19. The van der Waals surface area contributed by atoms with E-state index in [1.54, 1.807) is 24.3 Å². The highest BCUT2D eigenvalue weighted by atomic mass is 32.1. The van der Waals surface area contributed by atoms with E-state index < -0.39 is 37.3 Å². The van der Waals surface area contributed by atoms with Crippen molar-refractivity contribution in [2.24, 2.45) is 0 Å². The Morgan fingerprint density at radius 1 is 1.16 bits per heavy atom. The third-order valence-electron chi connectivity index (χ3n) is 2.92. The lowest BCUT2D eigenvalue weighted by molar-refractivity contribution is -0.277. The number of aliphatic hydroxyl groups excluding tert-OH is 4. The Morgan fingerprint density at radius 2 is 1.89 bits per heavy atom. The maximum atomic E-state index is 9.79. The monoisotopic (exact) mass is 288 g/mol. The lowest BCUT2D eigenvalue weighted by atomic mass is 9.99. The van der Waals surface area contributed by atoms with Crippen LogP contribution >= 0.6 is 12.6 Å². The molecule has 1 fully saturated rings. The summed E-state index contributed by atoms with van der Waals surface area (Å²) < 4.78 is 10.6. The van der Waals surface area contributed by atoms with E-state index >= 15 is 0 Å². The Kier molecular flexibility index (Phi) is 4.67. The fourth-order valence-corrected chi connectivity index (χ4v) is 2.07. The molecule has 2 rings (SSSR count). The fraction of sp³-hybridized carbons (Fsp3) is 0.500. The molecule has 0 unspecified atom stereocenters. The van der Waals surface area contributed by atoms with Gasteiger partial charge >= 0.3 is 0 Å². The van der Waals surface area contributed by atoms with Crippen molar-refractivity contribution < 1.29 is 29.9 Å². The van der Waals surface area contributed by atoms with Gasteiger partial charge in [-0.2, -0.15) is 0 Å². The van der Waals surface area contributed by atoms with Crippen molar-refractivity contribution in [2.75, 3.05) is 6.61 Å². The topological polar surface area (TPSA) is 99.4 Å². The number of hydrogen-bond acceptors (Lipinski definition) is 7. The van der Waals surface area contributed by atoms with Crippen LogP contribution in [0, 0.1) is 0 Å². The number of thiol groups is 1. The van der Waals surface area contributed by atoms with Crippen LogP contribution in [-0.4, -0.2) is 57.7 Å². The summed E-state index contributed by atoms with van der Waals surface area (Å²) in [6.45, 7) is -0.489. The highest BCUT2D eigenvalue weighted by Gasteiger charge is 2.44. The van der Waals surface area contributed by atoms with Crippen molar-refractivity contribution in [3.8, 4) is 5.75 Å². The van der Waals surface area contributed by atoms with Gasteiger partial charge in [0.1, 0.15) is 30.2 Å². The Labute approximate surface area is 115 Å². The first-order valence-electron chi connectivity index (χ1n) is 5.79. The van der Waals surface area contributed by atoms with Gasteiger partial charge < -0.3 is 29.9 Å². The van der Waals surface area contributed by atoms with Crippen molar-refractivity contribution in [3.05, 3.63) is 24.3 Å². The van der Waals surface area contributed by atoms with E-state index in [-0.39, 0.29) is 0 Å². The zero-order chi connectivity index (χ0) is 14.0. The van der Waals surface area contributed by atoms with E-state index in [0.717, 1.165) is 0 Å². The molecular weight excluding hydrogens is 272 g/mol. The highest BCUT2D eigenvalue weighted by Crippen LogP contribution is 2.25. The first kappa shape index (κ1) is 14.6. The molecule has 0 saturated carbocycles. The highest BCUT2D eigenvalue weighted by molar-refractivity contribution is 7.80. The summed E-state index contributed by atoms with van der Waals surface area (Å²) in [5.41, 5.74) is 0. The van der Waals surface area contributed by atoms with Gasteiger partial charge in [-0.3, -0.25) is 0 Å². The molecule has 1 aromatic rings. The average Bonchev–Trinajstić information content (AvgIpc) is 2.39. The van der Waals surface area contributed by atoms with Gasteiger partial charge in [0.15, 0.2) is 0 Å². The molecule has 1 aliphatic rings. The zero-order valence-electron chi connectivity index (χ0n) is 9.96. The molecule has 4 N–H and O–H groups in total. The van der Waals surface area contributed by atoms with E-state index in [4.69, 9.17) is 14.6 Å². The predicted molar refractivity (Wildman–Crippen MR) is 68.1 cm³/mol. The van der Waals surface area contributed by atoms with E-state index in [1.165, 1.54) is 0 Å². The van der Waals surface area contributed by atoms with Gasteiger partial charge in [-0.05, 0) is 18.2 Å². The largest absolute Gasteiger partial charge is 0.462 e. The van der Waals surface area contributed by atoms with E-state index in [0.29, 0.717) is 10.6 Å². The second kappa shape index (κ2) is 6.08. The predicted octanol–water partition coefficient (Wildman–Crippen LogP) is -0.846. The summed E-state index contributed by atoms with van der Waals surface area (Å²) in [5, 5.41) is 38.1. The molecule has 19 heavy (non-hydrogen) atoms. The van der Waals surface area contributed by atoms with Crippen LogP contribution in [0.3, 0.4) is 0 Å². The van der Waals surface area contributed by atoms with Gasteiger partial charge in [0.25, 0.3) is 0 Å². The SMILES string of the molecule is OC[C@H]1O[C@@H](Oc2cccc(S)c2)[C@H](O)[C@@H](O)[C@H]1O. The van der Waals surface area contributed by atoms with Crippen LogP contribution in [0.4, 0.5) is 0 Å². The molecule has 0 aliphatic carbocycles. The minimum absolute atomic E-state index is 0.400. The van der Waals surface area contributed by atoms with Crippen LogP contribution in [0.25, 0.3) is 0 Å². The molecule has 1 aliphatic heterocycles. The summed E-state index contributed by atoms with van der Waals surface area (Å²) in [7, 11) is 0. The molecule has 7 heteroatoms. The number of hydrogen-bond donors (Lipinski definition) is 5. The standard InChI is InChI=1S/C12H16O6S/c13-5-8-9(14)10(15)11(16)12(18-8)17-6-2-1-3-7(19)4-6/h1-4,8-16,19H,5H2/t8-,9+,10+,11-,12-/m1/s1. The van der Waals surface area contributed by atoms with Gasteiger partial charge in [0.2, 0.25) is 6.29 Å². The van der Waals surface area contributed by atoms with Crippen LogP contribution < -0.4 is 4.74 Å². The molecule has 6 nitrogen and oxygen atoms in total. The summed E-state index contributed by atoms with van der Waals surface area (Å²) in [4.78, 5) is 0.669. The van der Waals surface area contributed by atoms with Crippen molar-refractivity contribution >= 4 is 12.6 Å². The summed E-state index contributed by atoms with van der Waals surface area (Å²) in [5.74, 6) is 0.400. The molecule has 0 amide bonds. The maximum Gasteiger partial charge on any atom is 0.229 e. The Balaban J connectivity index is 2.10. The second-order valence-electron chi connectivity index (χ2n) is 4.31. The van der Waals surface area contributed by atoms with Gasteiger partial charge in [-0.25, -0.2) is 0 Å². The quantitative estimate of drug-likeness (QED) is 0.465. The van der Waals surface area contributed by atoms with E-state index in [9.17, 15) is 15.3 Å². The van der Waals surface area contributed by atoms with Gasteiger partial charge in [0.05, 0.1) is 6.61 Å². The molecule has 0 spiro atoms. The summed E-state index contributed by atoms with van der Waals surface area (Å²) in [6, 6.07) is 6.72. The summed E-state index contributed by atoms with van der Waals surface area (Å²) in [6.07, 6.45) is -6.42. The second-order valence-corrected chi connectivity index (χ2v) is 4.83. The van der Waals surface area contributed by atoms with Crippen LogP contribution in [0.15, 0.2) is 29.2 Å². The van der Waals surface area contributed by atoms with Gasteiger partial charge in [0, 0.05) is 4.90 Å². The molecule has 1 aromatic carbocycles. The molecule has 106 valence electrons. The Morgan fingerprint density at radius 3 is 2.53 bits per heavy atom. The molecular formula is C12H16O6S. The smallest absolute Gasteiger partial charge is 0.229 e. The van der Waals surface area contributed by atoms with Gasteiger partial charge in [-0.1, -0.05) is 6.07 Å². The summed E-state index contributed by atoms with van der Waals surface area (Å²) >= 11 is 4.15. The number of benzene rings is 1. The van der Waals surface area contributed by atoms with E-state index in [1.807, 2.05) is 0 Å². The van der Waals surface area contributed by atoms with Crippen LogP contribution in [0.2, 0.25) is 0 Å². The Bertz CT molecular complexity index is 426. The molecule has 0 bridgehead atoms. The zero-order valence-corrected chi connectivity index (χ0v) is 10.9. The average molecular weight is 288 g/mol. The Hall–Kier alpha value is -0.830. The third-order valence-corrected chi connectivity index (χ3v) is 3.20. The van der Waals surface area contributed by atoms with Crippen molar-refractivity contribution in [2.45, 2.75) is 35.6 Å². The first-order chi connectivity index (χ1) is 9.02. The molecule has 5 atom stereocenters. The van der Waals surface area contributed by atoms with Crippen LogP contribution in [-0.2, 0) is 4.74 Å². The maximum absolute atomic E-state index is 9.79. The van der Waals surface area contributed by atoms with Crippen molar-refractivity contribution in [1.82, 2.24) is 0 Å². The van der Waals surface area contributed by atoms with E-state index in [2.05, 4.69) is 12.6 Å². The fourth-order valence-electron chi connectivity index (χ4n) is 1.86. The number of rotatable bonds is 3. The van der Waals surface area contributed by atoms with Crippen molar-refractivity contribution in [1.29, 1.82) is 0 Å². The van der Waals surface area contributed by atoms with Crippen molar-refractivity contribution in [3.63, 3.8) is 0 Å². The van der Waals surface area contributed by atoms with Gasteiger partial charge in [-0.15, -0.1) is 12.6 Å². The lowest BCUT2D eigenvalue weighted by Crippen LogP contribution is -2.60. The first-order valence-corrected chi connectivity index (χ1v) is 6.24. The minimum Gasteiger partial charge on any atom is -0.462 e. The normalized spacial score (nSPS) is 35.1. The number of ether oxygens (including phenoxy) is 2. The molecule has 0 aromatic heterocycles. The lowest BCUT2D eigenvalue weighted by Gasteiger charge is -2.39. The van der Waals surface area contributed by atoms with Crippen LogP contribution in [0.1, 0.15) is 0 Å². The minimum atomic E-state index is -1.45. The number of aliphatic hydroxyl groups is 4. The molecule has 1 heterocycles.